The molecule has 1 fully saturated rings. The van der Waals surface area contributed by atoms with Crippen molar-refractivity contribution in [3.63, 3.8) is 0 Å². The Morgan fingerprint density at radius 3 is 2.69 bits per heavy atom. The van der Waals surface area contributed by atoms with Gasteiger partial charge in [-0.05, 0) is 48.7 Å². The van der Waals surface area contributed by atoms with Gasteiger partial charge in [-0.15, -0.1) is 0 Å². The van der Waals surface area contributed by atoms with Crippen LogP contribution in [0, 0.1) is 0 Å². The molecule has 1 aliphatic rings. The number of para-hydroxylation sites is 2. The van der Waals surface area contributed by atoms with Crippen LogP contribution in [0.2, 0.25) is 0 Å². The van der Waals surface area contributed by atoms with E-state index in [1.54, 1.807) is 26.5 Å². The number of nitrogens with one attached hydrogen (secondary N) is 2. The van der Waals surface area contributed by atoms with Gasteiger partial charge in [0, 0.05) is 19.3 Å². The van der Waals surface area contributed by atoms with Crippen molar-refractivity contribution < 1.29 is 14.3 Å². The molecule has 2 aromatic carbocycles. The third-order valence-corrected chi connectivity index (χ3v) is 5.45. The molecule has 8 nitrogen and oxygen atoms in total. The van der Waals surface area contributed by atoms with Crippen LogP contribution in [0.25, 0.3) is 0 Å². The summed E-state index contributed by atoms with van der Waals surface area (Å²) in [7, 11) is 3.26. The number of nitrogens with zero attached hydrogens (tertiary/aromatic N) is 3. The highest BCUT2D eigenvalue weighted by molar-refractivity contribution is 5.85. The molecular formula is C24H27N5O3. The number of amides is 1. The summed E-state index contributed by atoms with van der Waals surface area (Å²) < 4.78 is 10.6. The van der Waals surface area contributed by atoms with Crippen LogP contribution in [0.1, 0.15) is 18.4 Å². The van der Waals surface area contributed by atoms with Crippen LogP contribution in [0.15, 0.2) is 60.8 Å². The summed E-state index contributed by atoms with van der Waals surface area (Å²) in [6.45, 7) is 1.20. The fourth-order valence-corrected chi connectivity index (χ4v) is 3.77. The minimum atomic E-state index is -0.297. The standard InChI is InChI=1S/C24H27N5O3/c1-31-18-11-9-17(10-12-18)16-26-23(30)20-7-5-15-29(20)24-25-14-13-22(28-24)27-19-6-3-4-8-21(19)32-2/h3-4,6,8-14,20H,5,7,15-16H2,1-2H3,(H,26,30)(H,25,27,28). The fraction of sp³-hybridized carbons (Fsp3) is 0.292. The first-order valence-corrected chi connectivity index (χ1v) is 10.6. The molecule has 2 N–H and O–H groups in total. The van der Waals surface area contributed by atoms with Gasteiger partial charge < -0.3 is 25.0 Å². The monoisotopic (exact) mass is 433 g/mol. The van der Waals surface area contributed by atoms with Gasteiger partial charge in [0.1, 0.15) is 23.4 Å². The van der Waals surface area contributed by atoms with E-state index in [0.29, 0.717) is 18.3 Å². The van der Waals surface area contributed by atoms with Crippen LogP contribution >= 0.6 is 0 Å². The predicted molar refractivity (Wildman–Crippen MR) is 124 cm³/mol. The average Bonchev–Trinajstić information content (AvgIpc) is 3.34. The number of aromatic nitrogens is 2. The molecule has 1 saturated heterocycles. The second kappa shape index (κ2) is 10.00. The van der Waals surface area contributed by atoms with E-state index in [9.17, 15) is 4.79 Å². The molecule has 8 heteroatoms. The van der Waals surface area contributed by atoms with Gasteiger partial charge in [0.15, 0.2) is 0 Å². The number of carbonyl (C=O) groups is 1. The van der Waals surface area contributed by atoms with Crippen molar-refractivity contribution in [3.8, 4) is 11.5 Å². The van der Waals surface area contributed by atoms with E-state index in [-0.39, 0.29) is 11.9 Å². The molecule has 0 aliphatic carbocycles. The summed E-state index contributed by atoms with van der Waals surface area (Å²) in [5, 5.41) is 6.31. The van der Waals surface area contributed by atoms with Crippen LogP contribution in [0.4, 0.5) is 17.5 Å². The molecule has 1 amide bonds. The number of carbonyl (C=O) groups excluding carboxylic acids is 1. The molecule has 1 unspecified atom stereocenters. The molecule has 166 valence electrons. The Morgan fingerprint density at radius 1 is 1.09 bits per heavy atom. The summed E-state index contributed by atoms with van der Waals surface area (Å²) in [5.41, 5.74) is 1.83. The molecule has 0 spiro atoms. The highest BCUT2D eigenvalue weighted by Crippen LogP contribution is 2.28. The van der Waals surface area contributed by atoms with E-state index >= 15 is 0 Å². The maximum Gasteiger partial charge on any atom is 0.243 e. The Hall–Kier alpha value is -3.81. The van der Waals surface area contributed by atoms with Crippen molar-refractivity contribution in [2.24, 2.45) is 0 Å². The zero-order valence-corrected chi connectivity index (χ0v) is 18.2. The van der Waals surface area contributed by atoms with Gasteiger partial charge in [0.2, 0.25) is 11.9 Å². The van der Waals surface area contributed by atoms with Crippen molar-refractivity contribution >= 4 is 23.4 Å². The molecule has 1 aliphatic heterocycles. The number of methoxy groups -OCH3 is 2. The molecule has 1 aromatic heterocycles. The summed E-state index contributed by atoms with van der Waals surface area (Å²) >= 11 is 0. The van der Waals surface area contributed by atoms with Crippen LogP contribution in [0.3, 0.4) is 0 Å². The van der Waals surface area contributed by atoms with Crippen LogP contribution in [-0.2, 0) is 11.3 Å². The minimum Gasteiger partial charge on any atom is -0.497 e. The quantitative estimate of drug-likeness (QED) is 0.562. The van der Waals surface area contributed by atoms with Crippen molar-refractivity contribution in [1.82, 2.24) is 15.3 Å². The Morgan fingerprint density at radius 2 is 1.91 bits per heavy atom. The lowest BCUT2D eigenvalue weighted by Gasteiger charge is -2.24. The third kappa shape index (κ3) is 4.91. The van der Waals surface area contributed by atoms with E-state index in [4.69, 9.17) is 9.47 Å². The van der Waals surface area contributed by atoms with Crippen molar-refractivity contribution in [2.75, 3.05) is 31.0 Å². The van der Waals surface area contributed by atoms with Crippen LogP contribution in [0.5, 0.6) is 11.5 Å². The smallest absolute Gasteiger partial charge is 0.243 e. The maximum absolute atomic E-state index is 12.9. The molecule has 32 heavy (non-hydrogen) atoms. The lowest BCUT2D eigenvalue weighted by molar-refractivity contribution is -0.122. The van der Waals surface area contributed by atoms with E-state index in [1.165, 1.54) is 0 Å². The average molecular weight is 434 g/mol. The first-order valence-electron chi connectivity index (χ1n) is 10.6. The number of hydrogen-bond acceptors (Lipinski definition) is 7. The number of ether oxygens (including phenoxy) is 2. The van der Waals surface area contributed by atoms with Crippen LogP contribution in [-0.4, -0.2) is 42.7 Å². The van der Waals surface area contributed by atoms with E-state index < -0.39 is 0 Å². The molecular weight excluding hydrogens is 406 g/mol. The van der Waals surface area contributed by atoms with Gasteiger partial charge in [0.05, 0.1) is 19.9 Å². The molecule has 3 aromatic rings. The second-order valence-electron chi connectivity index (χ2n) is 7.48. The number of hydrogen-bond donors (Lipinski definition) is 2. The first-order chi connectivity index (χ1) is 15.7. The van der Waals surface area contributed by atoms with Gasteiger partial charge in [-0.2, -0.15) is 4.98 Å². The SMILES string of the molecule is COc1ccc(CNC(=O)C2CCCN2c2nccc(Nc3ccccc3OC)n2)cc1. The zero-order chi connectivity index (χ0) is 22.3. The largest absolute Gasteiger partial charge is 0.497 e. The molecule has 4 rings (SSSR count). The predicted octanol–water partition coefficient (Wildman–Crippen LogP) is 3.52. The lowest BCUT2D eigenvalue weighted by Crippen LogP contribution is -2.43. The summed E-state index contributed by atoms with van der Waals surface area (Å²) in [6.07, 6.45) is 3.38. The summed E-state index contributed by atoms with van der Waals surface area (Å²) in [5.74, 6) is 2.67. The van der Waals surface area contributed by atoms with E-state index in [0.717, 1.165) is 42.1 Å². The number of anilines is 3. The zero-order valence-electron chi connectivity index (χ0n) is 18.2. The van der Waals surface area contributed by atoms with Gasteiger partial charge >= 0.3 is 0 Å². The normalized spacial score (nSPS) is 15.3. The topological polar surface area (TPSA) is 88.6 Å². The van der Waals surface area contributed by atoms with Crippen molar-refractivity contribution in [3.05, 3.63) is 66.4 Å². The Balaban J connectivity index is 1.43. The van der Waals surface area contributed by atoms with Gasteiger partial charge in [-0.25, -0.2) is 4.98 Å². The first kappa shape index (κ1) is 21.4. The molecule has 1 atom stereocenters. The Kier molecular flexibility index (Phi) is 6.69. The minimum absolute atomic E-state index is 0.0231. The van der Waals surface area contributed by atoms with Crippen molar-refractivity contribution in [1.29, 1.82) is 0 Å². The number of rotatable bonds is 8. The summed E-state index contributed by atoms with van der Waals surface area (Å²) in [6, 6.07) is 16.8. The highest BCUT2D eigenvalue weighted by Gasteiger charge is 2.32. The second-order valence-corrected chi connectivity index (χ2v) is 7.48. The summed E-state index contributed by atoms with van der Waals surface area (Å²) in [4.78, 5) is 24.0. The maximum atomic E-state index is 12.9. The number of benzene rings is 2. The third-order valence-electron chi connectivity index (χ3n) is 5.45. The van der Waals surface area contributed by atoms with Crippen LogP contribution < -0.4 is 25.0 Å². The van der Waals surface area contributed by atoms with Crippen molar-refractivity contribution in [2.45, 2.75) is 25.4 Å². The highest BCUT2D eigenvalue weighted by atomic mass is 16.5. The fourth-order valence-electron chi connectivity index (χ4n) is 3.77. The van der Waals surface area contributed by atoms with Gasteiger partial charge in [-0.1, -0.05) is 24.3 Å². The molecule has 0 radical (unpaired) electrons. The molecule has 2 heterocycles. The van der Waals surface area contributed by atoms with Gasteiger partial charge in [0.25, 0.3) is 0 Å². The van der Waals surface area contributed by atoms with Gasteiger partial charge in [-0.3, -0.25) is 4.79 Å². The molecule has 0 saturated carbocycles. The Bertz CT molecular complexity index is 1060. The molecule has 0 bridgehead atoms. The Labute approximate surface area is 187 Å². The lowest BCUT2D eigenvalue weighted by atomic mass is 10.2. The van der Waals surface area contributed by atoms with E-state index in [1.807, 2.05) is 53.4 Å². The van der Waals surface area contributed by atoms with E-state index in [2.05, 4.69) is 20.6 Å².